The van der Waals surface area contributed by atoms with Gasteiger partial charge in [-0.3, -0.25) is 18.7 Å². The predicted octanol–water partition coefficient (Wildman–Crippen LogP) is 0.951. The molecule has 0 aliphatic rings. The molecule has 1 heterocycles. The van der Waals surface area contributed by atoms with Crippen LogP contribution in [0.4, 0.5) is 0 Å². The fourth-order valence-electron chi connectivity index (χ4n) is 1.93. The molecule has 0 fully saturated rings. The van der Waals surface area contributed by atoms with Crippen LogP contribution >= 0.6 is 0 Å². The van der Waals surface area contributed by atoms with Crippen molar-refractivity contribution < 1.29 is 9.53 Å². The molecule has 0 saturated heterocycles. The Balaban J connectivity index is 2.62. The lowest BCUT2D eigenvalue weighted by molar-refractivity contribution is 0.101. The number of nitrogens with zero attached hydrogens (tertiary/aromatic N) is 3. The van der Waals surface area contributed by atoms with Crippen molar-refractivity contribution in [3.05, 3.63) is 56.2 Å². The van der Waals surface area contributed by atoms with E-state index in [4.69, 9.17) is 10.00 Å². The van der Waals surface area contributed by atoms with E-state index in [0.717, 1.165) is 9.13 Å². The Hall–Kier alpha value is -3.14. The van der Waals surface area contributed by atoms with E-state index in [1.165, 1.54) is 27.1 Å². The summed E-state index contributed by atoms with van der Waals surface area (Å²) in [6.07, 6.45) is 0. The summed E-state index contributed by atoms with van der Waals surface area (Å²) < 4.78 is 7.41. The summed E-state index contributed by atoms with van der Waals surface area (Å²) in [4.78, 5) is 35.3. The van der Waals surface area contributed by atoms with Gasteiger partial charge in [0.1, 0.15) is 11.8 Å². The van der Waals surface area contributed by atoms with Crippen LogP contribution in [0.15, 0.2) is 33.9 Å². The van der Waals surface area contributed by atoms with Gasteiger partial charge in [0.25, 0.3) is 5.56 Å². The molecule has 7 heteroatoms. The minimum Gasteiger partial charge on any atom is -0.439 e. The molecule has 0 atom stereocenters. The van der Waals surface area contributed by atoms with E-state index in [1.54, 1.807) is 24.3 Å². The number of carbonyl (C=O) groups is 1. The third kappa shape index (κ3) is 2.54. The first kappa shape index (κ1) is 15.3. The predicted molar refractivity (Wildman–Crippen MR) is 78.2 cm³/mol. The van der Waals surface area contributed by atoms with Crippen LogP contribution in [0.3, 0.4) is 0 Å². The molecular formula is C15H13N3O4. The Bertz CT molecular complexity index is 916. The van der Waals surface area contributed by atoms with E-state index in [1.807, 2.05) is 0 Å². The normalized spacial score (nSPS) is 10.1. The van der Waals surface area contributed by atoms with Gasteiger partial charge in [0, 0.05) is 19.7 Å². The Kier molecular flexibility index (Phi) is 3.95. The van der Waals surface area contributed by atoms with Crippen LogP contribution in [0.2, 0.25) is 0 Å². The van der Waals surface area contributed by atoms with E-state index in [0.29, 0.717) is 5.56 Å². The highest BCUT2D eigenvalue weighted by Gasteiger charge is 2.17. The molecule has 2 rings (SSSR count). The molecule has 0 saturated carbocycles. The molecule has 1 aromatic carbocycles. The molecule has 2 aromatic rings. The smallest absolute Gasteiger partial charge is 0.333 e. The topological polar surface area (TPSA) is 94.1 Å². The molecule has 0 radical (unpaired) electrons. The molecule has 0 aliphatic carbocycles. The molecule has 1 aromatic heterocycles. The summed E-state index contributed by atoms with van der Waals surface area (Å²) in [6, 6.07) is 8.01. The molecule has 0 N–H and O–H groups in total. The van der Waals surface area contributed by atoms with Gasteiger partial charge in [-0.1, -0.05) is 12.1 Å². The zero-order chi connectivity index (χ0) is 16.4. The van der Waals surface area contributed by atoms with Crippen LogP contribution in [0.1, 0.15) is 22.8 Å². The number of carbonyl (C=O) groups excluding carboxylic acids is 1. The number of hydrogen-bond acceptors (Lipinski definition) is 5. The average Bonchev–Trinajstić information content (AvgIpc) is 2.51. The number of aromatic nitrogens is 2. The lowest BCUT2D eigenvalue weighted by Crippen LogP contribution is -2.38. The van der Waals surface area contributed by atoms with E-state index in [9.17, 15) is 14.4 Å². The maximum atomic E-state index is 12.0. The Morgan fingerprint density at radius 1 is 1.23 bits per heavy atom. The van der Waals surface area contributed by atoms with Crippen molar-refractivity contribution in [3.63, 3.8) is 0 Å². The second-order valence-electron chi connectivity index (χ2n) is 4.68. The monoisotopic (exact) mass is 299 g/mol. The van der Waals surface area contributed by atoms with Crippen molar-refractivity contribution in [2.24, 2.45) is 14.1 Å². The molecule has 0 unspecified atom stereocenters. The van der Waals surface area contributed by atoms with Crippen molar-refractivity contribution in [2.75, 3.05) is 0 Å². The molecule has 0 spiro atoms. The number of ketones is 1. The molecule has 0 aliphatic heterocycles. The Labute approximate surface area is 125 Å². The van der Waals surface area contributed by atoms with Gasteiger partial charge in [0.2, 0.25) is 5.88 Å². The van der Waals surface area contributed by atoms with Crippen LogP contribution in [0.5, 0.6) is 11.6 Å². The Morgan fingerprint density at radius 3 is 2.50 bits per heavy atom. The van der Waals surface area contributed by atoms with Crippen molar-refractivity contribution in [2.45, 2.75) is 6.92 Å². The van der Waals surface area contributed by atoms with Gasteiger partial charge < -0.3 is 4.74 Å². The van der Waals surface area contributed by atoms with E-state index >= 15 is 0 Å². The van der Waals surface area contributed by atoms with Gasteiger partial charge >= 0.3 is 5.69 Å². The van der Waals surface area contributed by atoms with E-state index in [-0.39, 0.29) is 23.0 Å². The number of benzene rings is 1. The van der Waals surface area contributed by atoms with Crippen molar-refractivity contribution in [1.29, 1.82) is 5.26 Å². The molecular weight excluding hydrogens is 286 g/mol. The summed E-state index contributed by atoms with van der Waals surface area (Å²) in [5, 5.41) is 9.15. The second kappa shape index (κ2) is 5.69. The highest BCUT2D eigenvalue weighted by atomic mass is 16.5. The van der Waals surface area contributed by atoms with Gasteiger partial charge in [0.05, 0.1) is 0 Å². The SMILES string of the molecule is CC(=O)c1cccc(Oc2c(C#N)c(=O)n(C)c(=O)n2C)c1. The molecule has 7 nitrogen and oxygen atoms in total. The van der Waals surface area contributed by atoms with Gasteiger partial charge in [-0.05, 0) is 19.1 Å². The average molecular weight is 299 g/mol. The summed E-state index contributed by atoms with van der Waals surface area (Å²) in [5.41, 5.74) is -1.20. The zero-order valence-corrected chi connectivity index (χ0v) is 12.3. The molecule has 0 amide bonds. The molecule has 0 bridgehead atoms. The minimum atomic E-state index is -0.733. The summed E-state index contributed by atoms with van der Waals surface area (Å²) in [6.45, 7) is 1.41. The van der Waals surface area contributed by atoms with Crippen molar-refractivity contribution in [1.82, 2.24) is 9.13 Å². The van der Waals surface area contributed by atoms with Crippen molar-refractivity contribution >= 4 is 5.78 Å². The highest BCUT2D eigenvalue weighted by Crippen LogP contribution is 2.22. The van der Waals surface area contributed by atoms with E-state index in [2.05, 4.69) is 0 Å². The number of rotatable bonds is 3. The van der Waals surface area contributed by atoms with Gasteiger partial charge in [0.15, 0.2) is 11.3 Å². The summed E-state index contributed by atoms with van der Waals surface area (Å²) in [7, 11) is 2.68. The minimum absolute atomic E-state index is 0.149. The van der Waals surface area contributed by atoms with Crippen LogP contribution in [0, 0.1) is 11.3 Å². The zero-order valence-electron chi connectivity index (χ0n) is 12.3. The maximum absolute atomic E-state index is 12.0. The number of ether oxygens (including phenoxy) is 1. The summed E-state index contributed by atoms with van der Waals surface area (Å²) >= 11 is 0. The van der Waals surface area contributed by atoms with Gasteiger partial charge in [-0.25, -0.2) is 4.79 Å². The van der Waals surface area contributed by atoms with Crippen LogP contribution in [-0.4, -0.2) is 14.9 Å². The fourth-order valence-corrected chi connectivity index (χ4v) is 1.93. The van der Waals surface area contributed by atoms with Gasteiger partial charge in [-0.2, -0.15) is 5.26 Å². The fraction of sp³-hybridized carbons (Fsp3) is 0.200. The van der Waals surface area contributed by atoms with Crippen LogP contribution < -0.4 is 16.0 Å². The Morgan fingerprint density at radius 2 is 1.91 bits per heavy atom. The first-order chi connectivity index (χ1) is 10.4. The van der Waals surface area contributed by atoms with E-state index < -0.39 is 11.2 Å². The lowest BCUT2D eigenvalue weighted by atomic mass is 10.1. The second-order valence-corrected chi connectivity index (χ2v) is 4.68. The lowest BCUT2D eigenvalue weighted by Gasteiger charge is -2.12. The molecule has 112 valence electrons. The standard InChI is InChI=1S/C15H13N3O4/c1-9(19)10-5-4-6-11(7-10)22-14-12(8-16)13(20)17(2)15(21)18(14)3/h4-7H,1-3H3. The summed E-state index contributed by atoms with van der Waals surface area (Å²) in [5.74, 6) is -0.0485. The number of hydrogen-bond donors (Lipinski definition) is 0. The van der Waals surface area contributed by atoms with Crippen LogP contribution in [0.25, 0.3) is 0 Å². The number of Topliss-reactive ketones (excluding diaryl/α,β-unsaturated/α-hetero) is 1. The third-order valence-corrected chi connectivity index (χ3v) is 3.18. The number of nitriles is 1. The molecule has 22 heavy (non-hydrogen) atoms. The third-order valence-electron chi connectivity index (χ3n) is 3.18. The maximum Gasteiger partial charge on any atom is 0.333 e. The van der Waals surface area contributed by atoms with Crippen LogP contribution in [-0.2, 0) is 14.1 Å². The highest BCUT2D eigenvalue weighted by molar-refractivity contribution is 5.94. The first-order valence-corrected chi connectivity index (χ1v) is 6.35. The first-order valence-electron chi connectivity index (χ1n) is 6.35. The largest absolute Gasteiger partial charge is 0.439 e. The quantitative estimate of drug-likeness (QED) is 0.786. The van der Waals surface area contributed by atoms with Crippen molar-refractivity contribution in [3.8, 4) is 17.7 Å². The van der Waals surface area contributed by atoms with Gasteiger partial charge in [-0.15, -0.1) is 0 Å².